The Kier molecular flexibility index (Phi) is 4.17. The van der Waals surface area contributed by atoms with Crippen LogP contribution in [0.15, 0.2) is 29.9 Å². The SMILES string of the molecule is CN(c1sccc1Cl)C(O)C(C)(C)C(=O)n1cccn1. The molecule has 20 heavy (non-hydrogen) atoms. The van der Waals surface area contributed by atoms with Crippen LogP contribution in [0.3, 0.4) is 0 Å². The molecule has 1 N–H and O–H groups in total. The van der Waals surface area contributed by atoms with Crippen LogP contribution in [0.25, 0.3) is 0 Å². The second-order valence-electron chi connectivity index (χ2n) is 5.04. The maximum absolute atomic E-state index is 12.4. The van der Waals surface area contributed by atoms with E-state index in [0.29, 0.717) is 5.02 Å². The molecule has 5 nitrogen and oxygen atoms in total. The van der Waals surface area contributed by atoms with Crippen molar-refractivity contribution in [2.24, 2.45) is 5.41 Å². The monoisotopic (exact) mass is 313 g/mol. The molecule has 0 aromatic carbocycles. The van der Waals surface area contributed by atoms with E-state index in [1.807, 2.05) is 5.38 Å². The molecule has 1 unspecified atom stereocenters. The number of thiophene rings is 1. The Morgan fingerprint density at radius 2 is 2.30 bits per heavy atom. The molecule has 0 aliphatic heterocycles. The highest BCUT2D eigenvalue weighted by molar-refractivity contribution is 7.15. The summed E-state index contributed by atoms with van der Waals surface area (Å²) in [5, 5.41) is 17.6. The minimum absolute atomic E-state index is 0.283. The third-order valence-electron chi connectivity index (χ3n) is 3.19. The van der Waals surface area contributed by atoms with Crippen LogP contribution in [0.5, 0.6) is 0 Å². The Hall–Kier alpha value is -1.37. The Labute approximate surface area is 126 Å². The van der Waals surface area contributed by atoms with Gasteiger partial charge in [-0.25, -0.2) is 4.68 Å². The summed E-state index contributed by atoms with van der Waals surface area (Å²) < 4.78 is 1.23. The van der Waals surface area contributed by atoms with E-state index in [1.165, 1.54) is 22.2 Å². The average Bonchev–Trinajstić information content (AvgIpc) is 3.06. The highest BCUT2D eigenvalue weighted by Crippen LogP contribution is 2.36. The number of carbonyl (C=O) groups is 1. The number of carbonyl (C=O) groups excluding carboxylic acids is 1. The molecule has 7 heteroatoms. The largest absolute Gasteiger partial charge is 0.372 e. The lowest BCUT2D eigenvalue weighted by molar-refractivity contribution is 0.0308. The standard InChI is InChI=1S/C13H16ClN3O2S/c1-13(2,12(19)17-7-4-6-15-17)11(18)16(3)10-9(14)5-8-20-10/h4-8,11,18H,1-3H3. The Bertz CT molecular complexity index is 595. The second kappa shape index (κ2) is 5.55. The van der Waals surface area contributed by atoms with Gasteiger partial charge in [-0.2, -0.15) is 5.10 Å². The molecular weight excluding hydrogens is 298 g/mol. The Morgan fingerprint density at radius 1 is 1.60 bits per heavy atom. The summed E-state index contributed by atoms with van der Waals surface area (Å²) >= 11 is 7.47. The van der Waals surface area contributed by atoms with E-state index < -0.39 is 11.6 Å². The van der Waals surface area contributed by atoms with Crippen LogP contribution in [0, 0.1) is 5.41 Å². The zero-order valence-corrected chi connectivity index (χ0v) is 13.0. The smallest absolute Gasteiger partial charge is 0.257 e. The zero-order valence-electron chi connectivity index (χ0n) is 11.4. The molecule has 0 saturated carbocycles. The van der Waals surface area contributed by atoms with Crippen molar-refractivity contribution >= 4 is 33.8 Å². The van der Waals surface area contributed by atoms with Crippen molar-refractivity contribution in [3.8, 4) is 0 Å². The number of aliphatic hydroxyl groups excluding tert-OH is 1. The van der Waals surface area contributed by atoms with Crippen LogP contribution < -0.4 is 4.90 Å². The molecule has 0 aliphatic carbocycles. The molecule has 0 fully saturated rings. The fourth-order valence-electron chi connectivity index (χ4n) is 1.93. The number of aliphatic hydroxyl groups is 1. The van der Waals surface area contributed by atoms with Gasteiger partial charge in [-0.05, 0) is 31.4 Å². The average molecular weight is 314 g/mol. The molecular formula is C13H16ClN3O2S. The fourth-order valence-corrected chi connectivity index (χ4v) is 3.11. The number of halogens is 1. The zero-order chi connectivity index (χ0) is 14.9. The number of aromatic nitrogens is 2. The van der Waals surface area contributed by atoms with Gasteiger partial charge < -0.3 is 10.0 Å². The van der Waals surface area contributed by atoms with Gasteiger partial charge >= 0.3 is 0 Å². The molecule has 0 radical (unpaired) electrons. The van der Waals surface area contributed by atoms with Gasteiger partial charge in [-0.1, -0.05) is 11.6 Å². The molecule has 0 spiro atoms. The van der Waals surface area contributed by atoms with E-state index in [-0.39, 0.29) is 5.91 Å². The van der Waals surface area contributed by atoms with Crippen molar-refractivity contribution in [1.29, 1.82) is 0 Å². The van der Waals surface area contributed by atoms with Crippen LogP contribution in [0.2, 0.25) is 5.02 Å². The molecule has 0 aliphatic rings. The molecule has 2 aromatic heterocycles. The summed E-state index contributed by atoms with van der Waals surface area (Å²) in [6.45, 7) is 3.36. The van der Waals surface area contributed by atoms with Crippen molar-refractivity contribution < 1.29 is 9.90 Å². The predicted molar refractivity (Wildman–Crippen MR) is 80.4 cm³/mol. The molecule has 0 bridgehead atoms. The lowest BCUT2D eigenvalue weighted by Crippen LogP contribution is -2.49. The first-order valence-electron chi connectivity index (χ1n) is 6.04. The van der Waals surface area contributed by atoms with Crippen molar-refractivity contribution in [1.82, 2.24) is 9.78 Å². The fraction of sp³-hybridized carbons (Fsp3) is 0.385. The summed E-state index contributed by atoms with van der Waals surface area (Å²) in [6, 6.07) is 3.42. The Morgan fingerprint density at radius 3 is 2.80 bits per heavy atom. The predicted octanol–water partition coefficient (Wildman–Crippen LogP) is 2.72. The minimum atomic E-state index is -1.03. The van der Waals surface area contributed by atoms with E-state index in [4.69, 9.17) is 11.6 Å². The molecule has 2 rings (SSSR count). The van der Waals surface area contributed by atoms with Crippen molar-refractivity contribution in [3.05, 3.63) is 34.9 Å². The lowest BCUT2D eigenvalue weighted by Gasteiger charge is -2.35. The maximum Gasteiger partial charge on any atom is 0.257 e. The first-order valence-corrected chi connectivity index (χ1v) is 7.30. The minimum Gasteiger partial charge on any atom is -0.372 e. The van der Waals surface area contributed by atoms with Crippen LogP contribution in [0.1, 0.15) is 18.6 Å². The third kappa shape index (κ3) is 2.59. The summed E-state index contributed by atoms with van der Waals surface area (Å²) in [7, 11) is 1.71. The lowest BCUT2D eigenvalue weighted by atomic mass is 9.89. The van der Waals surface area contributed by atoms with Crippen molar-refractivity contribution in [2.75, 3.05) is 11.9 Å². The third-order valence-corrected chi connectivity index (χ3v) is 4.62. The number of rotatable bonds is 4. The van der Waals surface area contributed by atoms with Gasteiger partial charge in [0.2, 0.25) is 0 Å². The van der Waals surface area contributed by atoms with Gasteiger partial charge in [0, 0.05) is 19.4 Å². The first-order chi connectivity index (χ1) is 9.35. The maximum atomic E-state index is 12.4. The number of nitrogens with zero attached hydrogens (tertiary/aromatic N) is 3. The van der Waals surface area contributed by atoms with Crippen molar-refractivity contribution in [2.45, 2.75) is 20.1 Å². The molecule has 0 saturated heterocycles. The van der Waals surface area contributed by atoms with Crippen LogP contribution in [-0.2, 0) is 0 Å². The first kappa shape index (κ1) is 15.0. The number of hydrogen-bond acceptors (Lipinski definition) is 5. The van der Waals surface area contributed by atoms with E-state index in [9.17, 15) is 9.90 Å². The van der Waals surface area contributed by atoms with E-state index in [2.05, 4.69) is 5.10 Å². The Balaban J connectivity index is 2.25. The van der Waals surface area contributed by atoms with E-state index in [1.54, 1.807) is 44.1 Å². The summed E-state index contributed by atoms with van der Waals surface area (Å²) in [5.41, 5.74) is -1.03. The molecule has 0 amide bonds. The normalized spacial score (nSPS) is 13.2. The topological polar surface area (TPSA) is 58.4 Å². The van der Waals surface area contributed by atoms with Gasteiger partial charge in [0.15, 0.2) is 0 Å². The summed E-state index contributed by atoms with van der Waals surface area (Å²) in [6.07, 6.45) is 2.07. The molecule has 2 aromatic rings. The van der Waals surface area contributed by atoms with Gasteiger partial charge in [0.1, 0.15) is 11.2 Å². The second-order valence-corrected chi connectivity index (χ2v) is 6.34. The quantitative estimate of drug-likeness (QED) is 0.882. The van der Waals surface area contributed by atoms with Crippen LogP contribution in [-0.4, -0.2) is 34.1 Å². The highest BCUT2D eigenvalue weighted by Gasteiger charge is 2.40. The summed E-state index contributed by atoms with van der Waals surface area (Å²) in [5.74, 6) is -0.283. The number of anilines is 1. The van der Waals surface area contributed by atoms with E-state index >= 15 is 0 Å². The molecule has 108 valence electrons. The highest BCUT2D eigenvalue weighted by atomic mass is 35.5. The summed E-state index contributed by atoms with van der Waals surface area (Å²) in [4.78, 5) is 14.0. The van der Waals surface area contributed by atoms with Gasteiger partial charge in [-0.3, -0.25) is 4.79 Å². The molecule has 2 heterocycles. The van der Waals surface area contributed by atoms with E-state index in [0.717, 1.165) is 5.00 Å². The number of hydrogen-bond donors (Lipinski definition) is 1. The van der Waals surface area contributed by atoms with Gasteiger partial charge in [0.05, 0.1) is 10.4 Å². The van der Waals surface area contributed by atoms with Crippen molar-refractivity contribution in [3.63, 3.8) is 0 Å². The van der Waals surface area contributed by atoms with Crippen LogP contribution in [0.4, 0.5) is 5.00 Å². The van der Waals surface area contributed by atoms with Gasteiger partial charge in [-0.15, -0.1) is 11.3 Å². The van der Waals surface area contributed by atoms with Gasteiger partial charge in [0.25, 0.3) is 5.91 Å². The van der Waals surface area contributed by atoms with Crippen LogP contribution >= 0.6 is 22.9 Å². The molecule has 1 atom stereocenters.